The molecule has 96 valence electrons. The SMILES string of the molecule is CCc1ccc(CC(O)c2ccc(CC)o2)nc1. The summed E-state index contributed by atoms with van der Waals surface area (Å²) in [6, 6.07) is 7.76. The predicted octanol–water partition coefficient (Wildman–Crippen LogP) is 3.08. The third-order valence-corrected chi connectivity index (χ3v) is 3.06. The second-order valence-corrected chi connectivity index (χ2v) is 4.39. The van der Waals surface area contributed by atoms with Gasteiger partial charge in [-0.1, -0.05) is 19.9 Å². The Morgan fingerprint density at radius 1 is 1.17 bits per heavy atom. The molecule has 1 atom stereocenters. The molecular weight excluding hydrogens is 226 g/mol. The molecule has 0 aliphatic heterocycles. The summed E-state index contributed by atoms with van der Waals surface area (Å²) in [5.74, 6) is 1.52. The number of aryl methyl sites for hydroxylation is 2. The Morgan fingerprint density at radius 3 is 2.56 bits per heavy atom. The zero-order chi connectivity index (χ0) is 13.0. The number of rotatable bonds is 5. The van der Waals surface area contributed by atoms with Crippen LogP contribution in [0.15, 0.2) is 34.9 Å². The first-order valence-electron chi connectivity index (χ1n) is 6.43. The maximum atomic E-state index is 10.1. The highest BCUT2D eigenvalue weighted by molar-refractivity contribution is 5.16. The van der Waals surface area contributed by atoms with E-state index >= 15 is 0 Å². The molecule has 1 N–H and O–H groups in total. The second kappa shape index (κ2) is 5.83. The minimum Gasteiger partial charge on any atom is -0.463 e. The van der Waals surface area contributed by atoms with Crippen LogP contribution in [0.4, 0.5) is 0 Å². The molecular formula is C15H19NO2. The fourth-order valence-electron chi connectivity index (χ4n) is 1.85. The molecule has 2 aromatic heterocycles. The number of aliphatic hydroxyl groups is 1. The van der Waals surface area contributed by atoms with Gasteiger partial charge in [-0.05, 0) is 30.2 Å². The molecule has 3 heteroatoms. The highest BCUT2D eigenvalue weighted by Gasteiger charge is 2.13. The van der Waals surface area contributed by atoms with Crippen LogP contribution in [0, 0.1) is 0 Å². The summed E-state index contributed by atoms with van der Waals surface area (Å²) in [5, 5.41) is 10.1. The average molecular weight is 245 g/mol. The minimum atomic E-state index is -0.620. The zero-order valence-electron chi connectivity index (χ0n) is 10.9. The fraction of sp³-hybridized carbons (Fsp3) is 0.400. The number of pyridine rings is 1. The summed E-state index contributed by atoms with van der Waals surface area (Å²) in [6.45, 7) is 4.13. The standard InChI is InChI=1S/C15H19NO2/c1-3-11-5-6-12(16-10-11)9-14(17)15-8-7-13(4-2)18-15/h5-8,10,14,17H,3-4,9H2,1-2H3. The Balaban J connectivity index is 2.03. The molecule has 1 unspecified atom stereocenters. The molecule has 0 radical (unpaired) electrons. The lowest BCUT2D eigenvalue weighted by Gasteiger charge is -2.07. The van der Waals surface area contributed by atoms with Gasteiger partial charge in [0.15, 0.2) is 0 Å². The van der Waals surface area contributed by atoms with E-state index in [0.29, 0.717) is 12.2 Å². The summed E-state index contributed by atoms with van der Waals surface area (Å²) in [4.78, 5) is 4.34. The van der Waals surface area contributed by atoms with Gasteiger partial charge in [0.05, 0.1) is 0 Å². The highest BCUT2D eigenvalue weighted by atomic mass is 16.4. The van der Waals surface area contributed by atoms with Crippen LogP contribution in [0.3, 0.4) is 0 Å². The van der Waals surface area contributed by atoms with Gasteiger partial charge in [-0.15, -0.1) is 0 Å². The monoisotopic (exact) mass is 245 g/mol. The van der Waals surface area contributed by atoms with E-state index in [1.54, 1.807) is 0 Å². The first-order valence-corrected chi connectivity index (χ1v) is 6.43. The van der Waals surface area contributed by atoms with Crippen molar-refractivity contribution in [2.45, 2.75) is 39.2 Å². The van der Waals surface area contributed by atoms with Crippen LogP contribution < -0.4 is 0 Å². The Kier molecular flexibility index (Phi) is 4.15. The Morgan fingerprint density at radius 2 is 2.00 bits per heavy atom. The topological polar surface area (TPSA) is 46.3 Å². The first-order chi connectivity index (χ1) is 8.72. The van der Waals surface area contributed by atoms with Gasteiger partial charge in [-0.3, -0.25) is 4.98 Å². The van der Waals surface area contributed by atoms with Gasteiger partial charge in [0.1, 0.15) is 17.6 Å². The van der Waals surface area contributed by atoms with Crippen LogP contribution in [0.5, 0.6) is 0 Å². The zero-order valence-corrected chi connectivity index (χ0v) is 10.9. The van der Waals surface area contributed by atoms with Crippen LogP contribution in [0.25, 0.3) is 0 Å². The van der Waals surface area contributed by atoms with Crippen molar-refractivity contribution in [1.82, 2.24) is 4.98 Å². The molecule has 2 aromatic rings. The van der Waals surface area contributed by atoms with Crippen molar-refractivity contribution in [3.63, 3.8) is 0 Å². The second-order valence-electron chi connectivity index (χ2n) is 4.39. The lowest BCUT2D eigenvalue weighted by Crippen LogP contribution is -2.02. The number of nitrogens with zero attached hydrogens (tertiary/aromatic N) is 1. The smallest absolute Gasteiger partial charge is 0.133 e. The van der Waals surface area contributed by atoms with Gasteiger partial charge >= 0.3 is 0 Å². The number of furan rings is 1. The summed E-state index contributed by atoms with van der Waals surface area (Å²) in [7, 11) is 0. The molecule has 0 saturated carbocycles. The van der Waals surface area contributed by atoms with Crippen LogP contribution in [0.2, 0.25) is 0 Å². The van der Waals surface area contributed by atoms with Crippen LogP contribution in [-0.2, 0) is 19.3 Å². The third-order valence-electron chi connectivity index (χ3n) is 3.06. The Bertz CT molecular complexity index is 487. The molecule has 18 heavy (non-hydrogen) atoms. The van der Waals surface area contributed by atoms with Gasteiger partial charge in [-0.25, -0.2) is 0 Å². The summed E-state index contributed by atoms with van der Waals surface area (Å²) >= 11 is 0. The Hall–Kier alpha value is -1.61. The van der Waals surface area contributed by atoms with Crippen molar-refractivity contribution >= 4 is 0 Å². The van der Waals surface area contributed by atoms with E-state index in [0.717, 1.165) is 24.3 Å². The molecule has 0 amide bonds. The van der Waals surface area contributed by atoms with Gasteiger partial charge in [0.25, 0.3) is 0 Å². The van der Waals surface area contributed by atoms with Crippen molar-refractivity contribution in [3.05, 3.63) is 53.2 Å². The molecule has 0 aliphatic carbocycles. The van der Waals surface area contributed by atoms with Crippen molar-refractivity contribution in [2.75, 3.05) is 0 Å². The van der Waals surface area contributed by atoms with Gasteiger partial charge in [0.2, 0.25) is 0 Å². The summed E-state index contributed by atoms with van der Waals surface area (Å²) < 4.78 is 5.53. The number of hydrogen-bond acceptors (Lipinski definition) is 3. The molecule has 2 heterocycles. The maximum absolute atomic E-state index is 10.1. The van der Waals surface area contributed by atoms with Crippen molar-refractivity contribution in [2.24, 2.45) is 0 Å². The van der Waals surface area contributed by atoms with E-state index in [4.69, 9.17) is 4.42 Å². The van der Waals surface area contributed by atoms with E-state index in [1.807, 2.05) is 31.3 Å². The summed E-state index contributed by atoms with van der Waals surface area (Å²) in [5.41, 5.74) is 2.09. The van der Waals surface area contributed by atoms with Crippen LogP contribution in [-0.4, -0.2) is 10.1 Å². The lowest BCUT2D eigenvalue weighted by molar-refractivity contribution is 0.147. The molecule has 0 fully saturated rings. The van der Waals surface area contributed by atoms with Crippen LogP contribution in [0.1, 0.15) is 42.7 Å². The van der Waals surface area contributed by atoms with E-state index < -0.39 is 6.10 Å². The van der Waals surface area contributed by atoms with Gasteiger partial charge in [-0.2, -0.15) is 0 Å². The molecule has 0 aliphatic rings. The van der Waals surface area contributed by atoms with Crippen molar-refractivity contribution in [1.29, 1.82) is 0 Å². The largest absolute Gasteiger partial charge is 0.463 e. The van der Waals surface area contributed by atoms with Crippen molar-refractivity contribution in [3.8, 4) is 0 Å². The molecule has 3 nitrogen and oxygen atoms in total. The highest BCUT2D eigenvalue weighted by Crippen LogP contribution is 2.20. The van der Waals surface area contributed by atoms with Crippen molar-refractivity contribution < 1.29 is 9.52 Å². The average Bonchev–Trinajstić information content (AvgIpc) is 2.88. The van der Waals surface area contributed by atoms with E-state index in [-0.39, 0.29) is 0 Å². The number of aromatic nitrogens is 1. The van der Waals surface area contributed by atoms with E-state index in [1.165, 1.54) is 5.56 Å². The molecule has 0 saturated heterocycles. The Labute approximate surface area is 107 Å². The molecule has 0 bridgehead atoms. The molecule has 0 aromatic carbocycles. The van der Waals surface area contributed by atoms with Crippen LogP contribution >= 0.6 is 0 Å². The maximum Gasteiger partial charge on any atom is 0.133 e. The lowest BCUT2D eigenvalue weighted by atomic mass is 10.1. The predicted molar refractivity (Wildman–Crippen MR) is 70.4 cm³/mol. The normalized spacial score (nSPS) is 12.6. The quantitative estimate of drug-likeness (QED) is 0.880. The molecule has 2 rings (SSSR count). The summed E-state index contributed by atoms with van der Waals surface area (Å²) in [6.07, 6.45) is 3.55. The van der Waals surface area contributed by atoms with Gasteiger partial charge < -0.3 is 9.52 Å². The number of hydrogen-bond donors (Lipinski definition) is 1. The fourth-order valence-corrected chi connectivity index (χ4v) is 1.85. The van der Waals surface area contributed by atoms with Gasteiger partial charge in [0, 0.05) is 24.7 Å². The first kappa shape index (κ1) is 12.8. The number of aliphatic hydroxyl groups excluding tert-OH is 1. The van der Waals surface area contributed by atoms with E-state index in [9.17, 15) is 5.11 Å². The molecule has 0 spiro atoms. The van der Waals surface area contributed by atoms with E-state index in [2.05, 4.69) is 18.0 Å². The third kappa shape index (κ3) is 2.99. The minimum absolute atomic E-state index is 0.487.